The molecule has 1 aliphatic heterocycles. The van der Waals surface area contributed by atoms with E-state index in [1.54, 1.807) is 14.2 Å². The maximum Gasteiger partial charge on any atom is 0.161 e. The molecule has 1 aromatic carbocycles. The number of ether oxygens (including phenoxy) is 2. The van der Waals surface area contributed by atoms with Crippen molar-refractivity contribution >= 4 is 0 Å². The molecule has 2 rings (SSSR count). The van der Waals surface area contributed by atoms with E-state index in [0.717, 1.165) is 23.6 Å². The Hall–Kier alpha value is -1.26. The van der Waals surface area contributed by atoms with Crippen LogP contribution < -0.4 is 15.2 Å². The summed E-state index contributed by atoms with van der Waals surface area (Å²) >= 11 is 0. The van der Waals surface area contributed by atoms with Crippen LogP contribution in [0.15, 0.2) is 18.2 Å². The third-order valence-corrected chi connectivity index (χ3v) is 4.24. The highest BCUT2D eigenvalue weighted by atomic mass is 16.5. The minimum absolute atomic E-state index is 0.0157. The second-order valence-corrected chi connectivity index (χ2v) is 5.42. The summed E-state index contributed by atoms with van der Waals surface area (Å²) in [6.45, 7) is 4.33. The monoisotopic (exact) mass is 278 g/mol. The molecule has 2 unspecified atom stereocenters. The van der Waals surface area contributed by atoms with Gasteiger partial charge in [0.1, 0.15) is 0 Å². The minimum Gasteiger partial charge on any atom is -0.493 e. The molecule has 0 saturated carbocycles. The van der Waals surface area contributed by atoms with E-state index < -0.39 is 0 Å². The summed E-state index contributed by atoms with van der Waals surface area (Å²) in [5.41, 5.74) is 7.47. The van der Waals surface area contributed by atoms with Crippen molar-refractivity contribution in [2.75, 3.05) is 27.3 Å². The van der Waals surface area contributed by atoms with Gasteiger partial charge in [-0.2, -0.15) is 0 Å². The number of hydrogen-bond acceptors (Lipinski definition) is 4. The first kappa shape index (κ1) is 15.1. The predicted octanol–water partition coefficient (Wildman–Crippen LogP) is 2.58. The van der Waals surface area contributed by atoms with Crippen molar-refractivity contribution in [3.63, 3.8) is 0 Å². The lowest BCUT2D eigenvalue weighted by atomic mass is 10.1. The molecule has 1 aromatic rings. The van der Waals surface area contributed by atoms with Crippen molar-refractivity contribution in [2.45, 2.75) is 38.3 Å². The maximum atomic E-state index is 6.37. The summed E-state index contributed by atoms with van der Waals surface area (Å²) in [4.78, 5) is 2.52. The normalized spacial score (nSPS) is 20.9. The lowest BCUT2D eigenvalue weighted by molar-refractivity contribution is 0.234. The molecule has 20 heavy (non-hydrogen) atoms. The van der Waals surface area contributed by atoms with Crippen LogP contribution in [0.1, 0.15) is 37.8 Å². The highest BCUT2D eigenvalue weighted by Crippen LogP contribution is 2.30. The number of nitrogens with two attached hydrogens (primary N) is 1. The van der Waals surface area contributed by atoms with E-state index >= 15 is 0 Å². The van der Waals surface area contributed by atoms with Crippen LogP contribution in [0, 0.1) is 0 Å². The minimum atomic E-state index is 0.0157. The summed E-state index contributed by atoms with van der Waals surface area (Å²) in [5, 5.41) is 0. The van der Waals surface area contributed by atoms with Crippen LogP contribution in [0.2, 0.25) is 0 Å². The Morgan fingerprint density at radius 3 is 2.70 bits per heavy atom. The van der Waals surface area contributed by atoms with Gasteiger partial charge < -0.3 is 15.2 Å². The summed E-state index contributed by atoms with van der Waals surface area (Å²) in [7, 11) is 3.30. The third kappa shape index (κ3) is 3.25. The van der Waals surface area contributed by atoms with Gasteiger partial charge in [0.05, 0.1) is 14.2 Å². The van der Waals surface area contributed by atoms with Crippen LogP contribution in [-0.4, -0.2) is 38.3 Å². The van der Waals surface area contributed by atoms with Crippen LogP contribution in [0.3, 0.4) is 0 Å². The lowest BCUT2D eigenvalue weighted by Crippen LogP contribution is -2.35. The van der Waals surface area contributed by atoms with Crippen molar-refractivity contribution < 1.29 is 9.47 Å². The summed E-state index contributed by atoms with van der Waals surface area (Å²) in [6.07, 6.45) is 3.80. The number of methoxy groups -OCH3 is 2. The van der Waals surface area contributed by atoms with Gasteiger partial charge in [-0.1, -0.05) is 13.0 Å². The number of hydrogen-bond donors (Lipinski definition) is 1. The Balaban J connectivity index is 2.07. The highest BCUT2D eigenvalue weighted by Gasteiger charge is 2.24. The zero-order valence-corrected chi connectivity index (χ0v) is 12.8. The fourth-order valence-electron chi connectivity index (χ4n) is 3.04. The Bertz CT molecular complexity index is 436. The Labute approximate surface area is 121 Å². The smallest absolute Gasteiger partial charge is 0.161 e. The first-order valence-corrected chi connectivity index (χ1v) is 7.41. The van der Waals surface area contributed by atoms with Crippen LogP contribution in [0.25, 0.3) is 0 Å². The SMILES string of the molecule is CCC1CCCN1CC(N)c1ccc(OC)c(OC)c1. The highest BCUT2D eigenvalue weighted by molar-refractivity contribution is 5.43. The molecular formula is C16H26N2O2. The fraction of sp³-hybridized carbons (Fsp3) is 0.625. The largest absolute Gasteiger partial charge is 0.493 e. The second-order valence-electron chi connectivity index (χ2n) is 5.42. The van der Waals surface area contributed by atoms with E-state index in [0.29, 0.717) is 6.04 Å². The molecule has 4 nitrogen and oxygen atoms in total. The second kappa shape index (κ2) is 6.95. The molecule has 0 amide bonds. The van der Waals surface area contributed by atoms with Gasteiger partial charge in [0, 0.05) is 18.6 Å². The van der Waals surface area contributed by atoms with Gasteiger partial charge in [0.15, 0.2) is 11.5 Å². The first-order valence-electron chi connectivity index (χ1n) is 7.41. The number of benzene rings is 1. The van der Waals surface area contributed by atoms with Gasteiger partial charge in [0.2, 0.25) is 0 Å². The topological polar surface area (TPSA) is 47.7 Å². The van der Waals surface area contributed by atoms with Gasteiger partial charge in [-0.3, -0.25) is 4.90 Å². The van der Waals surface area contributed by atoms with E-state index in [-0.39, 0.29) is 6.04 Å². The number of nitrogens with zero attached hydrogens (tertiary/aromatic N) is 1. The van der Waals surface area contributed by atoms with Gasteiger partial charge >= 0.3 is 0 Å². The average molecular weight is 278 g/mol. The first-order chi connectivity index (χ1) is 9.69. The van der Waals surface area contributed by atoms with Gasteiger partial charge in [-0.25, -0.2) is 0 Å². The summed E-state index contributed by atoms with van der Waals surface area (Å²) < 4.78 is 10.6. The molecule has 0 aromatic heterocycles. The van der Waals surface area contributed by atoms with E-state index in [1.165, 1.54) is 25.8 Å². The Morgan fingerprint density at radius 2 is 2.05 bits per heavy atom. The lowest BCUT2D eigenvalue weighted by Gasteiger charge is -2.27. The molecule has 0 aliphatic carbocycles. The molecule has 1 saturated heterocycles. The number of rotatable bonds is 6. The zero-order chi connectivity index (χ0) is 14.5. The molecule has 2 N–H and O–H groups in total. The molecular weight excluding hydrogens is 252 g/mol. The molecule has 0 radical (unpaired) electrons. The molecule has 0 spiro atoms. The van der Waals surface area contributed by atoms with E-state index in [9.17, 15) is 0 Å². The van der Waals surface area contributed by atoms with Gasteiger partial charge in [-0.15, -0.1) is 0 Å². The molecule has 1 heterocycles. The molecule has 112 valence electrons. The quantitative estimate of drug-likeness (QED) is 0.869. The zero-order valence-electron chi connectivity index (χ0n) is 12.8. The molecule has 1 fully saturated rings. The van der Waals surface area contributed by atoms with Gasteiger partial charge in [-0.05, 0) is 43.5 Å². The average Bonchev–Trinajstić information content (AvgIpc) is 2.93. The van der Waals surface area contributed by atoms with Crippen LogP contribution in [0.5, 0.6) is 11.5 Å². The van der Waals surface area contributed by atoms with E-state index in [4.69, 9.17) is 15.2 Å². The summed E-state index contributed by atoms with van der Waals surface area (Å²) in [6, 6.07) is 6.65. The molecule has 1 aliphatic rings. The van der Waals surface area contributed by atoms with Crippen molar-refractivity contribution in [3.05, 3.63) is 23.8 Å². The van der Waals surface area contributed by atoms with E-state index in [1.807, 2.05) is 18.2 Å². The molecule has 0 bridgehead atoms. The standard InChI is InChI=1S/C16H26N2O2/c1-4-13-6-5-9-18(13)11-14(17)12-7-8-15(19-2)16(10-12)20-3/h7-8,10,13-14H,4-6,9,11,17H2,1-3H3. The third-order valence-electron chi connectivity index (χ3n) is 4.24. The van der Waals surface area contributed by atoms with Gasteiger partial charge in [0.25, 0.3) is 0 Å². The Morgan fingerprint density at radius 1 is 1.30 bits per heavy atom. The summed E-state index contributed by atoms with van der Waals surface area (Å²) in [5.74, 6) is 1.49. The van der Waals surface area contributed by atoms with Crippen molar-refractivity contribution in [1.29, 1.82) is 0 Å². The fourth-order valence-corrected chi connectivity index (χ4v) is 3.04. The molecule has 2 atom stereocenters. The van der Waals surface area contributed by atoms with Crippen molar-refractivity contribution in [3.8, 4) is 11.5 Å². The van der Waals surface area contributed by atoms with Crippen LogP contribution in [-0.2, 0) is 0 Å². The number of likely N-dealkylation sites (tertiary alicyclic amines) is 1. The molecule has 4 heteroatoms. The van der Waals surface area contributed by atoms with Crippen LogP contribution >= 0.6 is 0 Å². The Kier molecular flexibility index (Phi) is 5.26. The predicted molar refractivity (Wildman–Crippen MR) is 81.4 cm³/mol. The van der Waals surface area contributed by atoms with Crippen LogP contribution in [0.4, 0.5) is 0 Å². The maximum absolute atomic E-state index is 6.37. The van der Waals surface area contributed by atoms with E-state index in [2.05, 4.69) is 11.8 Å². The van der Waals surface area contributed by atoms with Crippen molar-refractivity contribution in [1.82, 2.24) is 4.90 Å². The van der Waals surface area contributed by atoms with Crippen molar-refractivity contribution in [2.24, 2.45) is 5.73 Å².